The zero-order valence-electron chi connectivity index (χ0n) is 12.0. The van der Waals surface area contributed by atoms with E-state index in [1.807, 2.05) is 0 Å². The van der Waals surface area contributed by atoms with Gasteiger partial charge in [-0.2, -0.15) is 0 Å². The van der Waals surface area contributed by atoms with E-state index in [9.17, 15) is 5.11 Å². The molecule has 2 unspecified atom stereocenters. The van der Waals surface area contributed by atoms with Crippen LogP contribution in [0.15, 0.2) is 24.3 Å². The summed E-state index contributed by atoms with van der Waals surface area (Å²) in [6.45, 7) is 3.35. The number of rotatable bonds is 7. The number of benzene rings is 1. The van der Waals surface area contributed by atoms with Gasteiger partial charge in [-0.1, -0.05) is 36.2 Å². The lowest BCUT2D eigenvalue weighted by molar-refractivity contribution is 0.0990. The van der Waals surface area contributed by atoms with Crippen molar-refractivity contribution in [2.45, 2.75) is 51.6 Å². The van der Waals surface area contributed by atoms with E-state index in [0.717, 1.165) is 25.9 Å². The highest BCUT2D eigenvalue weighted by molar-refractivity contribution is 5.22. The van der Waals surface area contributed by atoms with Gasteiger partial charge in [-0.25, -0.2) is 0 Å². The fraction of sp³-hybridized carbons (Fsp3) is 0.647. The molecule has 106 valence electrons. The summed E-state index contributed by atoms with van der Waals surface area (Å²) in [4.78, 5) is 0. The lowest BCUT2D eigenvalue weighted by atomic mass is 9.93. The molecule has 0 saturated carbocycles. The maximum Gasteiger partial charge on any atom is 0.0576 e. The van der Waals surface area contributed by atoms with Crippen LogP contribution in [-0.4, -0.2) is 24.4 Å². The van der Waals surface area contributed by atoms with Crippen molar-refractivity contribution in [3.8, 4) is 0 Å². The number of hydrogen-bond acceptors (Lipinski definition) is 2. The van der Waals surface area contributed by atoms with Gasteiger partial charge in [0.2, 0.25) is 0 Å². The first-order valence-electron chi connectivity index (χ1n) is 7.56. The molecule has 2 nitrogen and oxygen atoms in total. The van der Waals surface area contributed by atoms with E-state index in [0.29, 0.717) is 18.6 Å². The normalized spacial score (nSPS) is 20.6. The van der Waals surface area contributed by atoms with Crippen LogP contribution in [0.1, 0.15) is 43.2 Å². The monoisotopic (exact) mass is 262 g/mol. The van der Waals surface area contributed by atoms with E-state index >= 15 is 0 Å². The summed E-state index contributed by atoms with van der Waals surface area (Å²) in [6, 6.07) is 8.61. The highest BCUT2D eigenvalue weighted by Crippen LogP contribution is 2.21. The van der Waals surface area contributed by atoms with E-state index in [4.69, 9.17) is 4.74 Å². The van der Waals surface area contributed by atoms with E-state index in [1.54, 1.807) is 0 Å². The molecule has 1 N–H and O–H groups in total. The summed E-state index contributed by atoms with van der Waals surface area (Å²) in [7, 11) is 0. The van der Waals surface area contributed by atoms with Crippen LogP contribution in [0.2, 0.25) is 0 Å². The van der Waals surface area contributed by atoms with Crippen molar-refractivity contribution in [1.29, 1.82) is 0 Å². The number of ether oxygens (including phenoxy) is 1. The summed E-state index contributed by atoms with van der Waals surface area (Å²) in [5.74, 6) is 0.392. The summed E-state index contributed by atoms with van der Waals surface area (Å²) >= 11 is 0. The van der Waals surface area contributed by atoms with Gasteiger partial charge >= 0.3 is 0 Å². The molecular formula is C17H26O2. The Morgan fingerprint density at radius 3 is 3.00 bits per heavy atom. The first kappa shape index (κ1) is 14.5. The topological polar surface area (TPSA) is 29.5 Å². The Morgan fingerprint density at radius 1 is 1.42 bits per heavy atom. The zero-order chi connectivity index (χ0) is 13.5. The zero-order valence-corrected chi connectivity index (χ0v) is 12.0. The molecule has 1 aliphatic rings. The maximum absolute atomic E-state index is 9.52. The molecule has 0 spiro atoms. The van der Waals surface area contributed by atoms with Crippen molar-refractivity contribution in [2.75, 3.05) is 13.2 Å². The molecule has 0 aliphatic carbocycles. The fourth-order valence-corrected chi connectivity index (χ4v) is 2.94. The molecule has 1 aromatic rings. The highest BCUT2D eigenvalue weighted by Gasteiger charge is 2.16. The summed E-state index contributed by atoms with van der Waals surface area (Å²) < 4.78 is 5.64. The molecule has 0 aromatic heterocycles. The van der Waals surface area contributed by atoms with E-state index in [2.05, 4.69) is 31.2 Å². The van der Waals surface area contributed by atoms with Crippen LogP contribution in [-0.2, 0) is 11.2 Å². The lowest BCUT2D eigenvalue weighted by Crippen LogP contribution is -2.12. The van der Waals surface area contributed by atoms with Crippen molar-refractivity contribution in [2.24, 2.45) is 5.92 Å². The van der Waals surface area contributed by atoms with Gasteiger partial charge in [0.15, 0.2) is 0 Å². The van der Waals surface area contributed by atoms with Gasteiger partial charge in [-0.3, -0.25) is 0 Å². The third-order valence-electron chi connectivity index (χ3n) is 4.03. The molecule has 2 atom stereocenters. The molecule has 1 heterocycles. The molecule has 1 aliphatic heterocycles. The summed E-state index contributed by atoms with van der Waals surface area (Å²) in [5, 5.41) is 9.52. The molecule has 19 heavy (non-hydrogen) atoms. The molecule has 0 amide bonds. The van der Waals surface area contributed by atoms with Crippen molar-refractivity contribution in [3.63, 3.8) is 0 Å². The Hall–Kier alpha value is -0.860. The minimum atomic E-state index is 0.291. The molecule has 1 aromatic carbocycles. The highest BCUT2D eigenvalue weighted by atomic mass is 16.5. The first-order chi connectivity index (χ1) is 9.28. The van der Waals surface area contributed by atoms with Gasteiger partial charge in [0.1, 0.15) is 0 Å². The number of aliphatic hydroxyl groups is 1. The molecular weight excluding hydrogens is 236 g/mol. The van der Waals surface area contributed by atoms with E-state index in [-0.39, 0.29) is 0 Å². The fourth-order valence-electron chi connectivity index (χ4n) is 2.94. The van der Waals surface area contributed by atoms with Gasteiger partial charge in [0.05, 0.1) is 6.10 Å². The minimum absolute atomic E-state index is 0.291. The predicted octanol–water partition coefficient (Wildman–Crippen LogP) is 3.50. The Labute approximate surface area is 116 Å². The Bertz CT molecular complexity index is 369. The number of aryl methyl sites for hydroxylation is 1. The van der Waals surface area contributed by atoms with Crippen LogP contribution < -0.4 is 0 Å². The Morgan fingerprint density at radius 2 is 2.32 bits per heavy atom. The van der Waals surface area contributed by atoms with Crippen LogP contribution >= 0.6 is 0 Å². The van der Waals surface area contributed by atoms with Crippen molar-refractivity contribution >= 4 is 0 Å². The smallest absolute Gasteiger partial charge is 0.0576 e. The van der Waals surface area contributed by atoms with E-state index in [1.165, 1.54) is 30.4 Å². The quantitative estimate of drug-likeness (QED) is 0.815. The second kappa shape index (κ2) is 7.66. The average Bonchev–Trinajstić information content (AvgIpc) is 2.91. The number of hydrogen-bond donors (Lipinski definition) is 1. The van der Waals surface area contributed by atoms with Crippen LogP contribution in [0.3, 0.4) is 0 Å². The third-order valence-corrected chi connectivity index (χ3v) is 4.03. The predicted molar refractivity (Wildman–Crippen MR) is 78.3 cm³/mol. The van der Waals surface area contributed by atoms with Crippen LogP contribution in [0.4, 0.5) is 0 Å². The number of aliphatic hydroxyl groups excluding tert-OH is 1. The van der Waals surface area contributed by atoms with Gasteiger partial charge in [-0.15, -0.1) is 0 Å². The molecule has 0 bridgehead atoms. The van der Waals surface area contributed by atoms with Crippen molar-refractivity contribution < 1.29 is 9.84 Å². The van der Waals surface area contributed by atoms with Crippen molar-refractivity contribution in [3.05, 3.63) is 35.4 Å². The van der Waals surface area contributed by atoms with Gasteiger partial charge in [0.25, 0.3) is 0 Å². The molecule has 2 rings (SSSR count). The summed E-state index contributed by atoms with van der Waals surface area (Å²) in [6.07, 6.45) is 7.34. The maximum atomic E-state index is 9.52. The van der Waals surface area contributed by atoms with Crippen molar-refractivity contribution in [1.82, 2.24) is 0 Å². The minimum Gasteiger partial charge on any atom is -0.396 e. The largest absolute Gasteiger partial charge is 0.396 e. The lowest BCUT2D eigenvalue weighted by Gasteiger charge is -2.16. The molecule has 1 saturated heterocycles. The molecule has 1 fully saturated rings. The van der Waals surface area contributed by atoms with E-state index < -0.39 is 0 Å². The summed E-state index contributed by atoms with van der Waals surface area (Å²) in [5.41, 5.74) is 2.64. The molecule has 0 radical (unpaired) electrons. The second-order valence-corrected chi connectivity index (χ2v) is 5.81. The average molecular weight is 262 g/mol. The second-order valence-electron chi connectivity index (χ2n) is 5.81. The third kappa shape index (κ3) is 4.96. The van der Waals surface area contributed by atoms with Gasteiger partial charge < -0.3 is 9.84 Å². The first-order valence-corrected chi connectivity index (χ1v) is 7.56. The van der Waals surface area contributed by atoms with Gasteiger partial charge in [-0.05, 0) is 50.5 Å². The van der Waals surface area contributed by atoms with Gasteiger partial charge in [0, 0.05) is 13.2 Å². The SMILES string of the molecule is Cc1cccc(CC(CO)CCCC2CCCO2)c1. The Kier molecular flexibility index (Phi) is 5.87. The van der Waals surface area contributed by atoms with Crippen LogP contribution in [0.25, 0.3) is 0 Å². The van der Waals surface area contributed by atoms with Crippen LogP contribution in [0.5, 0.6) is 0 Å². The van der Waals surface area contributed by atoms with Crippen LogP contribution in [0, 0.1) is 12.8 Å². The standard InChI is InChI=1S/C17H26O2/c1-14-5-2-6-15(11-14)12-16(13-18)7-3-8-17-9-4-10-19-17/h2,5-6,11,16-18H,3-4,7-10,12-13H2,1H3. The Balaban J connectivity index is 1.73. The molecule has 2 heteroatoms.